The molecule has 1 aliphatic heterocycles. The van der Waals surface area contributed by atoms with Crippen LogP contribution in [0.15, 0.2) is 52.1 Å². The topological polar surface area (TPSA) is 99.5 Å². The molecule has 0 bridgehead atoms. The predicted molar refractivity (Wildman–Crippen MR) is 116 cm³/mol. The van der Waals surface area contributed by atoms with Gasteiger partial charge in [-0.1, -0.05) is 13.8 Å². The molecule has 0 amide bonds. The Morgan fingerprint density at radius 2 is 2.09 bits per heavy atom. The molecule has 0 saturated heterocycles. The van der Waals surface area contributed by atoms with Gasteiger partial charge in [0, 0.05) is 29.6 Å². The molecule has 1 saturated carbocycles. The van der Waals surface area contributed by atoms with Gasteiger partial charge in [0.15, 0.2) is 5.58 Å². The van der Waals surface area contributed by atoms with E-state index in [1.165, 1.54) is 6.07 Å². The van der Waals surface area contributed by atoms with Crippen LogP contribution in [0.25, 0.3) is 27.9 Å². The summed E-state index contributed by atoms with van der Waals surface area (Å²) in [6.45, 7) is 4.05. The molecular formula is C24H21N3O5. The summed E-state index contributed by atoms with van der Waals surface area (Å²) in [7, 11) is 0. The summed E-state index contributed by atoms with van der Waals surface area (Å²) in [5.41, 5.74) is 2.89. The number of carboxylic acids is 1. The lowest BCUT2D eigenvalue weighted by Crippen LogP contribution is -2.32. The van der Waals surface area contributed by atoms with Crippen molar-refractivity contribution < 1.29 is 19.1 Å². The number of nitrogens with zero attached hydrogens (tertiary/aromatic N) is 3. The third kappa shape index (κ3) is 2.58. The second-order valence-corrected chi connectivity index (χ2v) is 8.74. The molecule has 3 aromatic heterocycles. The SMILES string of the molecule is CC(C)[C@@H]1Oc2c(cc(-n3cccn3)c3occc23)-c2c1cc(C(=O)O)c(=O)n2C1CC1. The van der Waals surface area contributed by atoms with Gasteiger partial charge in [-0.3, -0.25) is 4.79 Å². The smallest absolute Gasteiger partial charge is 0.341 e. The fraction of sp³-hybridized carbons (Fsp3) is 0.292. The van der Waals surface area contributed by atoms with Gasteiger partial charge in [-0.2, -0.15) is 5.10 Å². The van der Waals surface area contributed by atoms with Crippen LogP contribution in [0.2, 0.25) is 0 Å². The first-order chi connectivity index (χ1) is 15.5. The van der Waals surface area contributed by atoms with Crippen molar-refractivity contribution in [3.8, 4) is 22.7 Å². The number of furan rings is 1. The summed E-state index contributed by atoms with van der Waals surface area (Å²) in [5.74, 6) is -0.516. The Morgan fingerprint density at radius 3 is 2.75 bits per heavy atom. The summed E-state index contributed by atoms with van der Waals surface area (Å²) < 4.78 is 15.7. The van der Waals surface area contributed by atoms with Crippen LogP contribution < -0.4 is 10.3 Å². The monoisotopic (exact) mass is 431 g/mol. The third-order valence-electron chi connectivity index (χ3n) is 6.24. The first-order valence-corrected chi connectivity index (χ1v) is 10.7. The van der Waals surface area contributed by atoms with Crippen molar-refractivity contribution in [2.75, 3.05) is 0 Å². The maximum Gasteiger partial charge on any atom is 0.341 e. The number of carbonyl (C=O) groups is 1. The molecule has 0 unspecified atom stereocenters. The summed E-state index contributed by atoms with van der Waals surface area (Å²) in [4.78, 5) is 25.2. The number of ether oxygens (including phenoxy) is 1. The van der Waals surface area contributed by atoms with E-state index in [1.54, 1.807) is 21.7 Å². The van der Waals surface area contributed by atoms with Crippen molar-refractivity contribution in [2.45, 2.75) is 38.8 Å². The van der Waals surface area contributed by atoms with E-state index in [4.69, 9.17) is 9.15 Å². The highest BCUT2D eigenvalue weighted by molar-refractivity contribution is 5.99. The molecule has 8 nitrogen and oxygen atoms in total. The molecule has 1 aliphatic carbocycles. The number of carboxylic acid groups (broad SMARTS) is 1. The Kier molecular flexibility index (Phi) is 3.90. The van der Waals surface area contributed by atoms with E-state index in [-0.39, 0.29) is 17.5 Å². The van der Waals surface area contributed by atoms with Crippen LogP contribution in [0.1, 0.15) is 54.8 Å². The fourth-order valence-electron chi connectivity index (χ4n) is 4.66. The molecule has 4 heterocycles. The summed E-state index contributed by atoms with van der Waals surface area (Å²) in [5, 5.41) is 14.9. The number of aromatic nitrogens is 3. The minimum absolute atomic E-state index is 0.0116. The van der Waals surface area contributed by atoms with Crippen LogP contribution in [0.5, 0.6) is 5.75 Å². The normalized spacial score (nSPS) is 17.3. The molecule has 2 aliphatic rings. The van der Waals surface area contributed by atoms with E-state index in [2.05, 4.69) is 5.10 Å². The maximum absolute atomic E-state index is 13.3. The van der Waals surface area contributed by atoms with Gasteiger partial charge in [0.25, 0.3) is 5.56 Å². The molecule has 1 N–H and O–H groups in total. The van der Waals surface area contributed by atoms with E-state index in [0.717, 1.165) is 40.7 Å². The van der Waals surface area contributed by atoms with Crippen molar-refractivity contribution in [2.24, 2.45) is 5.92 Å². The number of fused-ring (bicyclic) bond motifs is 5. The quantitative estimate of drug-likeness (QED) is 0.508. The number of hydrogen-bond donors (Lipinski definition) is 1. The largest absolute Gasteiger partial charge is 0.484 e. The van der Waals surface area contributed by atoms with E-state index in [9.17, 15) is 14.7 Å². The lowest BCUT2D eigenvalue weighted by molar-refractivity contribution is 0.0693. The van der Waals surface area contributed by atoms with Gasteiger partial charge in [-0.05, 0) is 43.0 Å². The first-order valence-electron chi connectivity index (χ1n) is 10.7. The van der Waals surface area contributed by atoms with Gasteiger partial charge in [0.1, 0.15) is 23.1 Å². The highest BCUT2D eigenvalue weighted by Gasteiger charge is 2.38. The van der Waals surface area contributed by atoms with Gasteiger partial charge < -0.3 is 18.8 Å². The number of aromatic carboxylic acids is 1. The van der Waals surface area contributed by atoms with Crippen molar-refractivity contribution >= 4 is 16.9 Å². The van der Waals surface area contributed by atoms with Crippen molar-refractivity contribution in [1.29, 1.82) is 0 Å². The molecule has 0 spiro atoms. The van der Waals surface area contributed by atoms with Crippen LogP contribution >= 0.6 is 0 Å². The molecule has 0 radical (unpaired) electrons. The molecule has 1 atom stereocenters. The van der Waals surface area contributed by atoms with E-state index in [1.807, 2.05) is 38.2 Å². The zero-order valence-corrected chi connectivity index (χ0v) is 17.6. The molecule has 162 valence electrons. The third-order valence-corrected chi connectivity index (χ3v) is 6.24. The van der Waals surface area contributed by atoms with Crippen molar-refractivity contribution in [3.05, 3.63) is 64.4 Å². The van der Waals surface area contributed by atoms with Crippen molar-refractivity contribution in [1.82, 2.24) is 14.3 Å². The summed E-state index contributed by atoms with van der Waals surface area (Å²) in [6.07, 6.45) is 6.42. The molecule has 4 aromatic rings. The van der Waals surface area contributed by atoms with Gasteiger partial charge >= 0.3 is 5.97 Å². The van der Waals surface area contributed by atoms with E-state index in [0.29, 0.717) is 11.3 Å². The highest BCUT2D eigenvalue weighted by atomic mass is 16.5. The Labute approximate surface area is 182 Å². The lowest BCUT2D eigenvalue weighted by atomic mass is 9.89. The van der Waals surface area contributed by atoms with Gasteiger partial charge in [0.2, 0.25) is 0 Å². The minimum atomic E-state index is -1.22. The Bertz CT molecular complexity index is 1440. The van der Waals surface area contributed by atoms with Gasteiger partial charge in [-0.15, -0.1) is 0 Å². The highest BCUT2D eigenvalue weighted by Crippen LogP contribution is 2.51. The zero-order valence-electron chi connectivity index (χ0n) is 17.6. The second-order valence-electron chi connectivity index (χ2n) is 8.74. The molecule has 1 aromatic carbocycles. The van der Waals surface area contributed by atoms with E-state index >= 15 is 0 Å². The zero-order chi connectivity index (χ0) is 22.1. The maximum atomic E-state index is 13.3. The average Bonchev–Trinajstić information content (AvgIpc) is 3.24. The first kappa shape index (κ1) is 18.9. The van der Waals surface area contributed by atoms with Gasteiger partial charge in [0.05, 0.1) is 17.3 Å². The van der Waals surface area contributed by atoms with Crippen LogP contribution in [0.3, 0.4) is 0 Å². The predicted octanol–water partition coefficient (Wildman–Crippen LogP) is 4.57. The van der Waals surface area contributed by atoms with Crippen LogP contribution in [-0.2, 0) is 0 Å². The Morgan fingerprint density at radius 1 is 1.28 bits per heavy atom. The van der Waals surface area contributed by atoms with E-state index < -0.39 is 17.6 Å². The molecule has 1 fully saturated rings. The lowest BCUT2D eigenvalue weighted by Gasteiger charge is -2.33. The Hall–Kier alpha value is -3.81. The van der Waals surface area contributed by atoms with Crippen LogP contribution in [-0.4, -0.2) is 25.4 Å². The number of hydrogen-bond acceptors (Lipinski definition) is 5. The summed E-state index contributed by atoms with van der Waals surface area (Å²) in [6, 6.07) is 7.09. The standard InChI is InChI=1S/C24H21N3O5/c1-12(2)20-15-10-17(24(29)30)23(28)27(13-4-5-13)19(15)16-11-18(26-8-3-7-25-26)22-14(6-9-31-22)21(16)32-20/h3,6-13,20H,4-5H2,1-2H3,(H,29,30)/t20-/m0/s1. The van der Waals surface area contributed by atoms with Gasteiger partial charge in [-0.25, -0.2) is 9.48 Å². The molecule has 6 rings (SSSR count). The average molecular weight is 431 g/mol. The second kappa shape index (κ2) is 6.59. The van der Waals surface area contributed by atoms with Crippen molar-refractivity contribution in [3.63, 3.8) is 0 Å². The molecule has 8 heteroatoms. The number of benzene rings is 1. The Balaban J connectivity index is 1.75. The number of rotatable bonds is 4. The minimum Gasteiger partial charge on any atom is -0.484 e. The van der Waals surface area contributed by atoms with Crippen LogP contribution in [0, 0.1) is 5.92 Å². The number of pyridine rings is 1. The molecule has 32 heavy (non-hydrogen) atoms. The summed E-state index contributed by atoms with van der Waals surface area (Å²) >= 11 is 0. The van der Waals surface area contributed by atoms with Crippen LogP contribution in [0.4, 0.5) is 0 Å². The fourth-order valence-corrected chi connectivity index (χ4v) is 4.66. The molecular weight excluding hydrogens is 410 g/mol.